The topological polar surface area (TPSA) is 41.1 Å². The van der Waals surface area contributed by atoms with E-state index in [1.54, 1.807) is 0 Å². The summed E-state index contributed by atoms with van der Waals surface area (Å²) in [5.74, 6) is 0.349. The third-order valence-corrected chi connectivity index (χ3v) is 2.53. The number of carbonyl (C=O) groups is 1. The number of piperidine rings is 1. The lowest BCUT2D eigenvalue weighted by Gasteiger charge is -2.30. The second-order valence-electron chi connectivity index (χ2n) is 5.32. The molecule has 3 heteroatoms. The number of amides is 1. The first-order valence-corrected chi connectivity index (χ1v) is 5.44. The molecule has 2 unspecified atom stereocenters. The maximum Gasteiger partial charge on any atom is 0.224 e. The molecule has 0 saturated carbocycles. The second kappa shape index (κ2) is 4.30. The minimum Gasteiger partial charge on any atom is -0.351 e. The highest BCUT2D eigenvalue weighted by atomic mass is 16.2. The molecule has 2 atom stereocenters. The molecule has 1 saturated heterocycles. The van der Waals surface area contributed by atoms with Crippen molar-refractivity contribution >= 4 is 5.91 Å². The quantitative estimate of drug-likeness (QED) is 0.666. The van der Waals surface area contributed by atoms with Crippen LogP contribution in [0.5, 0.6) is 0 Å². The standard InChI is InChI=1S/C11H22N2O/c1-8-5-6-9(7-12-8)10(14)13-11(2,3)4/h8-9,12H,5-7H2,1-4H3,(H,13,14). The van der Waals surface area contributed by atoms with E-state index in [1.165, 1.54) is 0 Å². The van der Waals surface area contributed by atoms with E-state index >= 15 is 0 Å². The van der Waals surface area contributed by atoms with Crippen LogP contribution in [0, 0.1) is 5.92 Å². The van der Waals surface area contributed by atoms with Crippen LogP contribution >= 0.6 is 0 Å². The molecule has 0 radical (unpaired) electrons. The number of hydrogen-bond donors (Lipinski definition) is 2. The van der Waals surface area contributed by atoms with Gasteiger partial charge in [-0.25, -0.2) is 0 Å². The first-order chi connectivity index (χ1) is 6.38. The van der Waals surface area contributed by atoms with Gasteiger partial charge in [0.05, 0.1) is 5.92 Å². The third-order valence-electron chi connectivity index (χ3n) is 2.53. The monoisotopic (exact) mass is 198 g/mol. The maximum absolute atomic E-state index is 11.8. The van der Waals surface area contributed by atoms with Crippen molar-refractivity contribution in [3.63, 3.8) is 0 Å². The first-order valence-electron chi connectivity index (χ1n) is 5.44. The predicted molar refractivity (Wildman–Crippen MR) is 58.1 cm³/mol. The summed E-state index contributed by atoms with van der Waals surface area (Å²) in [6.07, 6.45) is 2.11. The molecule has 1 fully saturated rings. The Balaban J connectivity index is 2.38. The van der Waals surface area contributed by atoms with Gasteiger partial charge in [-0.15, -0.1) is 0 Å². The second-order valence-corrected chi connectivity index (χ2v) is 5.32. The van der Waals surface area contributed by atoms with Crippen molar-refractivity contribution in [1.82, 2.24) is 10.6 Å². The minimum absolute atomic E-state index is 0.111. The van der Waals surface area contributed by atoms with Gasteiger partial charge < -0.3 is 10.6 Å². The summed E-state index contributed by atoms with van der Waals surface area (Å²) in [5, 5.41) is 6.36. The molecule has 1 aliphatic rings. The summed E-state index contributed by atoms with van der Waals surface area (Å²) in [5.41, 5.74) is -0.111. The highest BCUT2D eigenvalue weighted by Gasteiger charge is 2.26. The van der Waals surface area contributed by atoms with Crippen LogP contribution < -0.4 is 10.6 Å². The molecule has 0 aromatic heterocycles. The minimum atomic E-state index is -0.111. The SMILES string of the molecule is CC1CCC(C(=O)NC(C)(C)C)CN1. The Hall–Kier alpha value is -0.570. The van der Waals surface area contributed by atoms with E-state index in [1.807, 2.05) is 20.8 Å². The summed E-state index contributed by atoms with van der Waals surface area (Å²) >= 11 is 0. The molecule has 82 valence electrons. The Kier molecular flexibility index (Phi) is 3.53. The van der Waals surface area contributed by atoms with Crippen molar-refractivity contribution < 1.29 is 4.79 Å². The molecule has 1 rings (SSSR count). The zero-order chi connectivity index (χ0) is 10.8. The van der Waals surface area contributed by atoms with E-state index in [9.17, 15) is 4.79 Å². The van der Waals surface area contributed by atoms with Crippen molar-refractivity contribution in [1.29, 1.82) is 0 Å². The van der Waals surface area contributed by atoms with Gasteiger partial charge in [-0.2, -0.15) is 0 Å². The lowest BCUT2D eigenvalue weighted by Crippen LogP contribution is -2.49. The summed E-state index contributed by atoms with van der Waals surface area (Å²) in [7, 11) is 0. The fraction of sp³-hybridized carbons (Fsp3) is 0.909. The molecule has 0 bridgehead atoms. The van der Waals surface area contributed by atoms with Gasteiger partial charge in [0.25, 0.3) is 0 Å². The average Bonchev–Trinajstić information content (AvgIpc) is 2.02. The lowest BCUT2D eigenvalue weighted by atomic mass is 9.94. The fourth-order valence-electron chi connectivity index (χ4n) is 1.69. The largest absolute Gasteiger partial charge is 0.351 e. The van der Waals surface area contributed by atoms with E-state index in [0.29, 0.717) is 6.04 Å². The molecule has 1 heterocycles. The Morgan fingerprint density at radius 3 is 2.43 bits per heavy atom. The van der Waals surface area contributed by atoms with Gasteiger partial charge in [-0.05, 0) is 40.5 Å². The van der Waals surface area contributed by atoms with Gasteiger partial charge in [-0.3, -0.25) is 4.79 Å². The predicted octanol–water partition coefficient (Wildman–Crippen LogP) is 1.29. The van der Waals surface area contributed by atoms with Crippen molar-refractivity contribution in [2.24, 2.45) is 5.92 Å². The summed E-state index contributed by atoms with van der Waals surface area (Å²) in [6.45, 7) is 9.04. The summed E-state index contributed by atoms with van der Waals surface area (Å²) in [6, 6.07) is 0.564. The number of rotatable bonds is 1. The van der Waals surface area contributed by atoms with Gasteiger partial charge in [-0.1, -0.05) is 0 Å². The van der Waals surface area contributed by atoms with Gasteiger partial charge in [0.2, 0.25) is 5.91 Å². The molecule has 0 spiro atoms. The van der Waals surface area contributed by atoms with E-state index < -0.39 is 0 Å². The van der Waals surface area contributed by atoms with Crippen molar-refractivity contribution in [3.05, 3.63) is 0 Å². The molecule has 0 aromatic rings. The first kappa shape index (κ1) is 11.5. The highest BCUT2D eigenvalue weighted by molar-refractivity contribution is 5.79. The van der Waals surface area contributed by atoms with Crippen LogP contribution in [0.1, 0.15) is 40.5 Å². The van der Waals surface area contributed by atoms with Gasteiger partial charge in [0.15, 0.2) is 0 Å². The van der Waals surface area contributed by atoms with Gasteiger partial charge >= 0.3 is 0 Å². The van der Waals surface area contributed by atoms with Crippen LogP contribution in [0.15, 0.2) is 0 Å². The van der Waals surface area contributed by atoms with E-state index in [-0.39, 0.29) is 17.4 Å². The smallest absolute Gasteiger partial charge is 0.224 e. The molecule has 1 aliphatic heterocycles. The van der Waals surface area contributed by atoms with Crippen LogP contribution in [0.2, 0.25) is 0 Å². The molecule has 1 amide bonds. The number of carbonyl (C=O) groups excluding carboxylic acids is 1. The van der Waals surface area contributed by atoms with Crippen LogP contribution in [0.3, 0.4) is 0 Å². The normalized spacial score (nSPS) is 28.6. The molecule has 2 N–H and O–H groups in total. The van der Waals surface area contributed by atoms with Crippen LogP contribution in [-0.4, -0.2) is 24.0 Å². The lowest BCUT2D eigenvalue weighted by molar-refractivity contribution is -0.127. The highest BCUT2D eigenvalue weighted by Crippen LogP contribution is 2.15. The third kappa shape index (κ3) is 3.66. The van der Waals surface area contributed by atoms with Crippen molar-refractivity contribution in [2.75, 3.05) is 6.54 Å². The van der Waals surface area contributed by atoms with Crippen molar-refractivity contribution in [2.45, 2.75) is 52.1 Å². The zero-order valence-corrected chi connectivity index (χ0v) is 9.68. The summed E-state index contributed by atoms with van der Waals surface area (Å²) < 4.78 is 0. The molecule has 3 nitrogen and oxygen atoms in total. The Morgan fingerprint density at radius 1 is 1.36 bits per heavy atom. The Bertz CT molecular complexity index is 200. The number of nitrogens with one attached hydrogen (secondary N) is 2. The summed E-state index contributed by atoms with van der Waals surface area (Å²) in [4.78, 5) is 11.8. The van der Waals surface area contributed by atoms with Crippen LogP contribution in [0.25, 0.3) is 0 Å². The van der Waals surface area contributed by atoms with Crippen LogP contribution in [-0.2, 0) is 4.79 Å². The average molecular weight is 198 g/mol. The molecular weight excluding hydrogens is 176 g/mol. The van der Waals surface area contributed by atoms with Crippen molar-refractivity contribution in [3.8, 4) is 0 Å². The van der Waals surface area contributed by atoms with Gasteiger partial charge in [0, 0.05) is 18.1 Å². The molecule has 0 aliphatic carbocycles. The van der Waals surface area contributed by atoms with Crippen LogP contribution in [0.4, 0.5) is 0 Å². The maximum atomic E-state index is 11.8. The van der Waals surface area contributed by atoms with E-state index in [0.717, 1.165) is 19.4 Å². The zero-order valence-electron chi connectivity index (χ0n) is 9.68. The van der Waals surface area contributed by atoms with Gasteiger partial charge in [0.1, 0.15) is 0 Å². The molecule has 0 aromatic carbocycles. The number of hydrogen-bond acceptors (Lipinski definition) is 2. The Labute approximate surface area is 86.6 Å². The fourth-order valence-corrected chi connectivity index (χ4v) is 1.69. The Morgan fingerprint density at radius 2 is 2.00 bits per heavy atom. The molecular formula is C11H22N2O. The molecule has 14 heavy (non-hydrogen) atoms. The van der Waals surface area contributed by atoms with E-state index in [4.69, 9.17) is 0 Å². The van der Waals surface area contributed by atoms with E-state index in [2.05, 4.69) is 17.6 Å².